The molecule has 2 fully saturated rings. The number of hydrogen-bond donors (Lipinski definition) is 2. The SMILES string of the molecule is CC(C)C1CCCC(C)C1C(=NNC(=O)Nc1ccc(Br)cc1)C1C(C)CCCC1C(C)C. The first-order valence-electron chi connectivity index (χ1n) is 13.1. The van der Waals surface area contributed by atoms with E-state index < -0.39 is 0 Å². The third-order valence-corrected chi connectivity index (χ3v) is 8.86. The van der Waals surface area contributed by atoms with Crippen LogP contribution < -0.4 is 10.7 Å². The van der Waals surface area contributed by atoms with Crippen molar-refractivity contribution in [2.24, 2.45) is 52.4 Å². The molecule has 4 nitrogen and oxygen atoms in total. The number of anilines is 1. The van der Waals surface area contributed by atoms with E-state index >= 15 is 0 Å². The molecule has 1 aromatic carbocycles. The fourth-order valence-corrected chi connectivity index (χ4v) is 6.87. The summed E-state index contributed by atoms with van der Waals surface area (Å²) >= 11 is 3.44. The van der Waals surface area contributed by atoms with Gasteiger partial charge in [-0.3, -0.25) is 0 Å². The molecule has 184 valence electrons. The normalized spacial score (nSPS) is 30.2. The molecule has 33 heavy (non-hydrogen) atoms. The minimum Gasteiger partial charge on any atom is -0.307 e. The summed E-state index contributed by atoms with van der Waals surface area (Å²) in [4.78, 5) is 12.8. The van der Waals surface area contributed by atoms with E-state index in [0.29, 0.717) is 47.3 Å². The Morgan fingerprint density at radius 2 is 1.36 bits per heavy atom. The van der Waals surface area contributed by atoms with Gasteiger partial charge in [-0.25, -0.2) is 10.2 Å². The number of halogens is 1. The first-order chi connectivity index (χ1) is 15.7. The second-order valence-electron chi connectivity index (χ2n) is 11.3. The van der Waals surface area contributed by atoms with Crippen molar-refractivity contribution in [2.75, 3.05) is 5.32 Å². The zero-order valence-corrected chi connectivity index (χ0v) is 23.0. The van der Waals surface area contributed by atoms with Gasteiger partial charge in [0.25, 0.3) is 0 Å². The van der Waals surface area contributed by atoms with Crippen LogP contribution in [-0.2, 0) is 0 Å². The summed E-state index contributed by atoms with van der Waals surface area (Å²) in [5.74, 6) is 4.59. The van der Waals surface area contributed by atoms with Gasteiger partial charge in [0, 0.05) is 27.7 Å². The Morgan fingerprint density at radius 3 is 1.82 bits per heavy atom. The van der Waals surface area contributed by atoms with Crippen molar-refractivity contribution >= 4 is 33.4 Å². The van der Waals surface area contributed by atoms with Crippen LogP contribution in [0.2, 0.25) is 0 Å². The third-order valence-electron chi connectivity index (χ3n) is 8.33. The Balaban J connectivity index is 1.93. The molecule has 2 amide bonds. The highest BCUT2D eigenvalue weighted by Crippen LogP contribution is 2.47. The van der Waals surface area contributed by atoms with Crippen LogP contribution in [0.15, 0.2) is 33.8 Å². The van der Waals surface area contributed by atoms with Crippen molar-refractivity contribution in [1.82, 2.24) is 5.43 Å². The van der Waals surface area contributed by atoms with Gasteiger partial charge < -0.3 is 5.32 Å². The van der Waals surface area contributed by atoms with Crippen LogP contribution in [0, 0.1) is 47.3 Å². The molecule has 1 aromatic rings. The molecule has 2 aliphatic carbocycles. The van der Waals surface area contributed by atoms with Gasteiger partial charge in [0.1, 0.15) is 0 Å². The molecule has 0 aliphatic heterocycles. The largest absolute Gasteiger partial charge is 0.339 e. The van der Waals surface area contributed by atoms with E-state index in [9.17, 15) is 4.79 Å². The maximum Gasteiger partial charge on any atom is 0.339 e. The summed E-state index contributed by atoms with van der Waals surface area (Å²) in [5, 5.41) is 7.94. The van der Waals surface area contributed by atoms with Gasteiger partial charge in [0.2, 0.25) is 0 Å². The number of rotatable bonds is 6. The lowest BCUT2D eigenvalue weighted by Gasteiger charge is -2.46. The van der Waals surface area contributed by atoms with Crippen molar-refractivity contribution in [3.05, 3.63) is 28.7 Å². The van der Waals surface area contributed by atoms with Crippen LogP contribution in [0.25, 0.3) is 0 Å². The van der Waals surface area contributed by atoms with E-state index in [4.69, 9.17) is 5.10 Å². The van der Waals surface area contributed by atoms with Crippen molar-refractivity contribution in [1.29, 1.82) is 0 Å². The van der Waals surface area contributed by atoms with E-state index in [1.165, 1.54) is 44.2 Å². The van der Waals surface area contributed by atoms with Crippen molar-refractivity contribution in [3.63, 3.8) is 0 Å². The highest BCUT2D eigenvalue weighted by atomic mass is 79.9. The number of amides is 2. The van der Waals surface area contributed by atoms with Gasteiger partial charge in [-0.2, -0.15) is 5.10 Å². The number of nitrogens with zero attached hydrogens (tertiary/aromatic N) is 1. The average Bonchev–Trinajstić information content (AvgIpc) is 2.76. The number of hydrogen-bond acceptors (Lipinski definition) is 2. The zero-order valence-electron chi connectivity index (χ0n) is 21.4. The van der Waals surface area contributed by atoms with Gasteiger partial charge in [-0.1, -0.05) is 83.2 Å². The highest BCUT2D eigenvalue weighted by molar-refractivity contribution is 9.10. The van der Waals surface area contributed by atoms with Crippen molar-refractivity contribution in [3.8, 4) is 0 Å². The molecule has 0 heterocycles. The third kappa shape index (κ3) is 6.61. The summed E-state index contributed by atoms with van der Waals surface area (Å²) in [5.41, 5.74) is 4.97. The number of benzene rings is 1. The van der Waals surface area contributed by atoms with Crippen LogP contribution in [-0.4, -0.2) is 11.7 Å². The molecule has 2 aliphatic rings. The van der Waals surface area contributed by atoms with Gasteiger partial charge >= 0.3 is 6.03 Å². The smallest absolute Gasteiger partial charge is 0.307 e. The summed E-state index contributed by atoms with van der Waals surface area (Å²) in [6.45, 7) is 14.3. The van der Waals surface area contributed by atoms with Crippen molar-refractivity contribution in [2.45, 2.75) is 80.1 Å². The van der Waals surface area contributed by atoms with Crippen LogP contribution >= 0.6 is 15.9 Å². The molecule has 5 heteroatoms. The Hall–Kier alpha value is -1.36. The second kappa shape index (κ2) is 11.9. The quantitative estimate of drug-likeness (QED) is 0.289. The number of carbonyl (C=O) groups excluding carboxylic acids is 1. The maximum absolute atomic E-state index is 12.8. The molecule has 2 N–H and O–H groups in total. The van der Waals surface area contributed by atoms with E-state index in [1.807, 2.05) is 24.3 Å². The lowest BCUT2D eigenvalue weighted by Crippen LogP contribution is -2.46. The zero-order chi connectivity index (χ0) is 24.1. The van der Waals surface area contributed by atoms with E-state index in [2.05, 4.69) is 68.2 Å². The van der Waals surface area contributed by atoms with Crippen LogP contribution in [0.3, 0.4) is 0 Å². The van der Waals surface area contributed by atoms with Crippen LogP contribution in [0.5, 0.6) is 0 Å². The first kappa shape index (κ1) is 26.2. The molecule has 2 saturated carbocycles. The fraction of sp³-hybridized carbons (Fsp3) is 0.714. The van der Waals surface area contributed by atoms with E-state index in [1.54, 1.807) is 0 Å². The van der Waals surface area contributed by atoms with Crippen molar-refractivity contribution < 1.29 is 4.79 Å². The Labute approximate surface area is 209 Å². The minimum atomic E-state index is -0.260. The molecular weight excluding hydrogens is 474 g/mol. The summed E-state index contributed by atoms with van der Waals surface area (Å²) in [7, 11) is 0. The molecule has 0 bridgehead atoms. The molecule has 0 saturated heterocycles. The summed E-state index contributed by atoms with van der Waals surface area (Å²) in [6.07, 6.45) is 7.66. The Kier molecular flexibility index (Phi) is 9.43. The molecule has 6 atom stereocenters. The molecule has 0 aromatic heterocycles. The molecule has 3 rings (SSSR count). The Morgan fingerprint density at radius 1 is 0.879 bits per heavy atom. The van der Waals surface area contributed by atoms with E-state index in [0.717, 1.165) is 10.2 Å². The number of hydrazone groups is 1. The van der Waals surface area contributed by atoms with Gasteiger partial charge in [0.05, 0.1) is 0 Å². The number of urea groups is 1. The lowest BCUT2D eigenvalue weighted by molar-refractivity contribution is 0.136. The minimum absolute atomic E-state index is 0.260. The topological polar surface area (TPSA) is 53.5 Å². The van der Waals surface area contributed by atoms with Gasteiger partial charge in [0.15, 0.2) is 0 Å². The van der Waals surface area contributed by atoms with E-state index in [-0.39, 0.29) is 6.03 Å². The summed E-state index contributed by atoms with van der Waals surface area (Å²) in [6, 6.07) is 7.38. The molecule has 0 radical (unpaired) electrons. The molecule has 6 unspecified atom stereocenters. The van der Waals surface area contributed by atoms with Crippen LogP contribution in [0.4, 0.5) is 10.5 Å². The molecule has 0 spiro atoms. The highest BCUT2D eigenvalue weighted by Gasteiger charge is 2.44. The summed E-state index contributed by atoms with van der Waals surface area (Å²) < 4.78 is 0.991. The number of carbonyl (C=O) groups is 1. The standard InChI is InChI=1S/C28H44BrN3O/c1-17(2)23-11-7-9-19(5)25(23)27(26-20(6)10-8-12-24(26)18(3)4)31-32-28(33)30-22-15-13-21(29)14-16-22/h13-20,23-26H,7-12H2,1-6H3,(H2,30,32,33). The Bertz CT molecular complexity index is 770. The second-order valence-corrected chi connectivity index (χ2v) is 12.2. The first-order valence-corrected chi connectivity index (χ1v) is 13.9. The molecular formula is C28H44BrN3O. The predicted molar refractivity (Wildman–Crippen MR) is 143 cm³/mol. The van der Waals surface area contributed by atoms with Gasteiger partial charge in [-0.15, -0.1) is 0 Å². The fourth-order valence-electron chi connectivity index (χ4n) is 6.61. The van der Waals surface area contributed by atoms with Crippen LogP contribution in [0.1, 0.15) is 80.1 Å². The maximum atomic E-state index is 12.8. The monoisotopic (exact) mass is 517 g/mol. The average molecular weight is 519 g/mol. The lowest BCUT2D eigenvalue weighted by atomic mass is 9.58. The van der Waals surface area contributed by atoms with Gasteiger partial charge in [-0.05, 0) is 72.6 Å². The predicted octanol–water partition coefficient (Wildman–Crippen LogP) is 8.34. The number of nitrogens with one attached hydrogen (secondary N) is 2.